The van der Waals surface area contributed by atoms with Gasteiger partial charge in [-0.2, -0.15) is 0 Å². The summed E-state index contributed by atoms with van der Waals surface area (Å²) < 4.78 is 6.05. The van der Waals surface area contributed by atoms with Crippen LogP contribution in [0.25, 0.3) is 0 Å². The average molecular weight is 448 g/mol. The molecule has 0 radical (unpaired) electrons. The number of nitrogens with one attached hydrogen (secondary N) is 2. The van der Waals surface area contributed by atoms with Crippen molar-refractivity contribution in [3.05, 3.63) is 0 Å². The van der Waals surface area contributed by atoms with Gasteiger partial charge in [-0.3, -0.25) is 9.79 Å². The Balaban J connectivity index is 0.00000169. The number of carbonyl (C=O) groups excluding carboxylic acids is 1. The van der Waals surface area contributed by atoms with Crippen molar-refractivity contribution in [2.45, 2.75) is 44.8 Å². The van der Waals surface area contributed by atoms with Gasteiger partial charge in [0.15, 0.2) is 5.96 Å². The average Bonchev–Trinajstić information content (AvgIpc) is 3.01. The van der Waals surface area contributed by atoms with Gasteiger partial charge in [0.1, 0.15) is 0 Å². The highest BCUT2D eigenvalue weighted by Gasteiger charge is 2.53. The van der Waals surface area contributed by atoms with E-state index in [-0.39, 0.29) is 35.8 Å². The molecule has 4 atom stereocenters. The second kappa shape index (κ2) is 7.76. The van der Waals surface area contributed by atoms with Crippen LogP contribution >= 0.6 is 24.0 Å². The predicted octanol–water partition coefficient (Wildman–Crippen LogP) is 1.21. The van der Waals surface area contributed by atoms with E-state index in [4.69, 9.17) is 9.73 Å². The van der Waals surface area contributed by atoms with E-state index in [0.29, 0.717) is 37.1 Å². The summed E-state index contributed by atoms with van der Waals surface area (Å²) >= 11 is 0. The maximum Gasteiger partial charge on any atom is 0.223 e. The molecule has 24 heavy (non-hydrogen) atoms. The van der Waals surface area contributed by atoms with Crippen LogP contribution in [0.4, 0.5) is 0 Å². The monoisotopic (exact) mass is 448 g/mol. The highest BCUT2D eigenvalue weighted by molar-refractivity contribution is 14.0. The molecule has 2 N–H and O–H groups in total. The van der Waals surface area contributed by atoms with E-state index in [1.165, 1.54) is 12.8 Å². The molecule has 7 heteroatoms. The normalized spacial score (nSPS) is 34.0. The highest BCUT2D eigenvalue weighted by atomic mass is 127. The van der Waals surface area contributed by atoms with Gasteiger partial charge in [0.2, 0.25) is 5.91 Å². The van der Waals surface area contributed by atoms with Crippen molar-refractivity contribution in [3.63, 3.8) is 0 Å². The van der Waals surface area contributed by atoms with Crippen LogP contribution in [0.15, 0.2) is 4.99 Å². The molecule has 3 aliphatic heterocycles. The van der Waals surface area contributed by atoms with Gasteiger partial charge in [0.25, 0.3) is 0 Å². The number of likely N-dealkylation sites (tertiary alicyclic amines) is 1. The molecule has 4 fully saturated rings. The number of hydrogen-bond donors (Lipinski definition) is 2. The summed E-state index contributed by atoms with van der Waals surface area (Å²) in [5, 5.41) is 6.39. The molecule has 0 aromatic rings. The molecule has 4 aliphatic rings. The first kappa shape index (κ1) is 18.2. The fraction of sp³-hybridized carbons (Fsp3) is 0.882. The third-order valence-corrected chi connectivity index (χ3v) is 5.71. The Kier molecular flexibility index (Phi) is 5.89. The molecular formula is C17H29IN4O2. The van der Waals surface area contributed by atoms with Crippen molar-refractivity contribution in [2.75, 3.05) is 32.7 Å². The Labute approximate surface area is 161 Å². The molecule has 4 unspecified atom stereocenters. The quantitative estimate of drug-likeness (QED) is 0.287. The van der Waals surface area contributed by atoms with E-state index in [0.717, 1.165) is 38.4 Å². The van der Waals surface area contributed by atoms with Gasteiger partial charge in [0, 0.05) is 43.9 Å². The zero-order valence-electron chi connectivity index (χ0n) is 14.4. The van der Waals surface area contributed by atoms with Crippen molar-refractivity contribution in [3.8, 4) is 0 Å². The first-order chi connectivity index (χ1) is 11.3. The van der Waals surface area contributed by atoms with Gasteiger partial charge >= 0.3 is 0 Å². The van der Waals surface area contributed by atoms with Crippen molar-refractivity contribution in [2.24, 2.45) is 22.7 Å². The minimum absolute atomic E-state index is 0. The maximum atomic E-state index is 11.6. The summed E-state index contributed by atoms with van der Waals surface area (Å²) in [7, 11) is 0. The van der Waals surface area contributed by atoms with E-state index in [1.807, 2.05) is 0 Å². The molecule has 6 nitrogen and oxygen atoms in total. The third-order valence-electron chi connectivity index (χ3n) is 5.71. The van der Waals surface area contributed by atoms with Crippen LogP contribution < -0.4 is 10.6 Å². The van der Waals surface area contributed by atoms with Crippen LogP contribution in [0, 0.1) is 17.8 Å². The lowest BCUT2D eigenvalue weighted by atomic mass is 9.82. The smallest absolute Gasteiger partial charge is 0.223 e. The van der Waals surface area contributed by atoms with Crippen molar-refractivity contribution >= 4 is 35.8 Å². The van der Waals surface area contributed by atoms with Crippen LogP contribution in [0.1, 0.15) is 32.6 Å². The zero-order valence-corrected chi connectivity index (χ0v) is 16.7. The standard InChI is InChI=1S/C17H28N4O2.HI/c1-2-18-17(20-8-7-19-16(22)11-3-4-11)21-9-12-13(10-21)15-6-5-14(12)23-15;/h11-15H,2-10H2,1H3,(H,18,20)(H,19,22);1H. The molecular weight excluding hydrogens is 419 g/mol. The Morgan fingerprint density at radius 2 is 1.79 bits per heavy atom. The molecule has 1 saturated carbocycles. The lowest BCUT2D eigenvalue weighted by Crippen LogP contribution is -2.42. The van der Waals surface area contributed by atoms with Crippen LogP contribution in [-0.4, -0.2) is 61.7 Å². The van der Waals surface area contributed by atoms with E-state index in [1.54, 1.807) is 0 Å². The molecule has 0 aromatic carbocycles. The SMILES string of the molecule is CCNC(=NCCNC(=O)C1CC1)N1CC2C3CCC(O3)C2C1.I. The van der Waals surface area contributed by atoms with Crippen LogP contribution in [0.3, 0.4) is 0 Å². The minimum Gasteiger partial charge on any atom is -0.374 e. The second-order valence-corrected chi connectivity index (χ2v) is 7.32. The summed E-state index contributed by atoms with van der Waals surface area (Å²) in [6.07, 6.45) is 5.55. The number of rotatable bonds is 5. The van der Waals surface area contributed by atoms with Crippen LogP contribution in [-0.2, 0) is 9.53 Å². The number of aliphatic imine (C=N–C) groups is 1. The number of hydrogen-bond acceptors (Lipinski definition) is 3. The highest BCUT2D eigenvalue weighted by Crippen LogP contribution is 2.47. The molecule has 4 rings (SSSR count). The Bertz CT molecular complexity index is 479. The van der Waals surface area contributed by atoms with E-state index in [2.05, 4.69) is 22.5 Å². The van der Waals surface area contributed by atoms with Gasteiger partial charge in [-0.15, -0.1) is 24.0 Å². The number of ether oxygens (including phenoxy) is 1. The lowest BCUT2D eigenvalue weighted by molar-refractivity contribution is -0.122. The summed E-state index contributed by atoms with van der Waals surface area (Å²) in [6.45, 7) is 6.39. The van der Waals surface area contributed by atoms with E-state index >= 15 is 0 Å². The van der Waals surface area contributed by atoms with Gasteiger partial charge in [0.05, 0.1) is 18.8 Å². The van der Waals surface area contributed by atoms with Crippen LogP contribution in [0.2, 0.25) is 0 Å². The second-order valence-electron chi connectivity index (χ2n) is 7.32. The lowest BCUT2D eigenvalue weighted by Gasteiger charge is -2.23. The van der Waals surface area contributed by atoms with Gasteiger partial charge in [-0.1, -0.05) is 0 Å². The molecule has 3 heterocycles. The van der Waals surface area contributed by atoms with Crippen LogP contribution in [0.5, 0.6) is 0 Å². The van der Waals surface area contributed by atoms with Gasteiger partial charge in [-0.25, -0.2) is 0 Å². The number of amides is 1. The number of guanidine groups is 1. The summed E-state index contributed by atoms with van der Waals surface area (Å²) in [5.74, 6) is 2.86. The number of carbonyl (C=O) groups is 1. The molecule has 0 aromatic heterocycles. The third kappa shape index (κ3) is 3.66. The largest absolute Gasteiger partial charge is 0.374 e. The van der Waals surface area contributed by atoms with E-state index in [9.17, 15) is 4.79 Å². The number of fused-ring (bicyclic) bond motifs is 5. The van der Waals surface area contributed by atoms with Crippen molar-refractivity contribution in [1.82, 2.24) is 15.5 Å². The number of halogens is 1. The summed E-state index contributed by atoms with van der Waals surface area (Å²) in [6, 6.07) is 0. The Morgan fingerprint density at radius 3 is 2.38 bits per heavy atom. The topological polar surface area (TPSA) is 66.0 Å². The summed E-state index contributed by atoms with van der Waals surface area (Å²) in [5.41, 5.74) is 0. The first-order valence-corrected chi connectivity index (χ1v) is 9.22. The minimum atomic E-state index is 0. The van der Waals surface area contributed by atoms with Crippen molar-refractivity contribution < 1.29 is 9.53 Å². The Hall–Kier alpha value is -0.570. The fourth-order valence-corrected chi connectivity index (χ4v) is 4.39. The fourth-order valence-electron chi connectivity index (χ4n) is 4.39. The molecule has 1 amide bonds. The number of nitrogens with zero attached hydrogens (tertiary/aromatic N) is 2. The molecule has 2 bridgehead atoms. The van der Waals surface area contributed by atoms with E-state index < -0.39 is 0 Å². The molecule has 136 valence electrons. The van der Waals surface area contributed by atoms with Crippen molar-refractivity contribution in [1.29, 1.82) is 0 Å². The Morgan fingerprint density at radius 1 is 1.12 bits per heavy atom. The van der Waals surface area contributed by atoms with Gasteiger partial charge in [-0.05, 0) is 32.6 Å². The molecule has 3 saturated heterocycles. The molecule has 0 spiro atoms. The van der Waals surface area contributed by atoms with Gasteiger partial charge < -0.3 is 20.3 Å². The predicted molar refractivity (Wildman–Crippen MR) is 104 cm³/mol. The first-order valence-electron chi connectivity index (χ1n) is 9.22. The zero-order chi connectivity index (χ0) is 15.8. The molecule has 1 aliphatic carbocycles. The maximum absolute atomic E-state index is 11.6. The summed E-state index contributed by atoms with van der Waals surface area (Å²) in [4.78, 5) is 18.8.